The average Bonchev–Trinajstić information content (AvgIpc) is 2.30. The summed E-state index contributed by atoms with van der Waals surface area (Å²) < 4.78 is 5.26. The summed E-state index contributed by atoms with van der Waals surface area (Å²) >= 11 is 0. The summed E-state index contributed by atoms with van der Waals surface area (Å²) in [5.41, 5.74) is 0. The summed E-state index contributed by atoms with van der Waals surface area (Å²) in [6.07, 6.45) is 3.27. The molecular formula is C10H16N4O. The van der Waals surface area contributed by atoms with Gasteiger partial charge in [0, 0.05) is 25.7 Å². The molecular weight excluding hydrogens is 192 g/mol. The standard InChI is InChI=1S/C10H16N4O/c1-8-5-11-3-4-14(8)10-9(15-2)6-12-7-13-10/h6-8,11H,3-5H2,1-2H3/t8-/m0/s1. The number of hydrogen-bond acceptors (Lipinski definition) is 5. The molecule has 15 heavy (non-hydrogen) atoms. The van der Waals surface area contributed by atoms with E-state index in [4.69, 9.17) is 4.74 Å². The van der Waals surface area contributed by atoms with Crippen molar-refractivity contribution in [1.29, 1.82) is 0 Å². The molecule has 1 aliphatic heterocycles. The first-order valence-electron chi connectivity index (χ1n) is 5.14. The van der Waals surface area contributed by atoms with Crippen LogP contribution in [0, 0.1) is 0 Å². The Kier molecular flexibility index (Phi) is 3.01. The van der Waals surface area contributed by atoms with Crippen molar-refractivity contribution in [3.05, 3.63) is 12.5 Å². The van der Waals surface area contributed by atoms with Crippen LogP contribution in [0.5, 0.6) is 5.75 Å². The van der Waals surface area contributed by atoms with E-state index in [0.717, 1.165) is 31.2 Å². The molecule has 2 heterocycles. The van der Waals surface area contributed by atoms with E-state index >= 15 is 0 Å². The second-order valence-electron chi connectivity index (χ2n) is 3.66. The van der Waals surface area contributed by atoms with Crippen LogP contribution in [0.2, 0.25) is 0 Å². The van der Waals surface area contributed by atoms with Gasteiger partial charge in [0.25, 0.3) is 0 Å². The summed E-state index contributed by atoms with van der Waals surface area (Å²) in [7, 11) is 1.65. The first-order valence-corrected chi connectivity index (χ1v) is 5.14. The predicted molar refractivity (Wildman–Crippen MR) is 58.3 cm³/mol. The lowest BCUT2D eigenvalue weighted by Crippen LogP contribution is -2.50. The number of rotatable bonds is 2. The lowest BCUT2D eigenvalue weighted by atomic mass is 10.2. The van der Waals surface area contributed by atoms with Crippen LogP contribution in [0.4, 0.5) is 5.82 Å². The molecule has 0 radical (unpaired) electrons. The molecule has 1 atom stereocenters. The Bertz CT molecular complexity index is 331. The van der Waals surface area contributed by atoms with Gasteiger partial charge in [-0.15, -0.1) is 0 Å². The van der Waals surface area contributed by atoms with E-state index in [1.54, 1.807) is 19.6 Å². The lowest BCUT2D eigenvalue weighted by molar-refractivity contribution is 0.404. The van der Waals surface area contributed by atoms with E-state index in [9.17, 15) is 0 Å². The zero-order valence-corrected chi connectivity index (χ0v) is 9.10. The number of nitrogens with one attached hydrogen (secondary N) is 1. The van der Waals surface area contributed by atoms with Gasteiger partial charge in [-0.05, 0) is 6.92 Å². The Morgan fingerprint density at radius 1 is 1.60 bits per heavy atom. The normalized spacial score (nSPS) is 21.5. The summed E-state index contributed by atoms with van der Waals surface area (Å²) in [5.74, 6) is 1.63. The minimum absolute atomic E-state index is 0.433. The molecule has 1 aliphatic rings. The molecule has 82 valence electrons. The Labute approximate surface area is 89.5 Å². The van der Waals surface area contributed by atoms with Gasteiger partial charge in [-0.3, -0.25) is 0 Å². The molecule has 1 aromatic rings. The third kappa shape index (κ3) is 2.02. The predicted octanol–water partition coefficient (Wildman–Crippen LogP) is 0.283. The summed E-state index contributed by atoms with van der Waals surface area (Å²) in [5, 5.41) is 3.35. The highest BCUT2D eigenvalue weighted by atomic mass is 16.5. The van der Waals surface area contributed by atoms with Gasteiger partial charge in [0.2, 0.25) is 0 Å². The van der Waals surface area contributed by atoms with E-state index in [0.29, 0.717) is 6.04 Å². The second-order valence-corrected chi connectivity index (χ2v) is 3.66. The van der Waals surface area contributed by atoms with E-state index in [1.807, 2.05) is 0 Å². The molecule has 0 amide bonds. The minimum Gasteiger partial charge on any atom is -0.491 e. The number of ether oxygens (including phenoxy) is 1. The maximum absolute atomic E-state index is 5.26. The van der Waals surface area contributed by atoms with Crippen LogP contribution in [0.3, 0.4) is 0 Å². The Hall–Kier alpha value is -1.36. The maximum Gasteiger partial charge on any atom is 0.179 e. The van der Waals surface area contributed by atoms with Gasteiger partial charge in [-0.2, -0.15) is 0 Å². The molecule has 5 heteroatoms. The molecule has 0 aromatic carbocycles. The van der Waals surface area contributed by atoms with Crippen LogP contribution >= 0.6 is 0 Å². The molecule has 0 spiro atoms. The second kappa shape index (κ2) is 4.44. The summed E-state index contributed by atoms with van der Waals surface area (Å²) in [4.78, 5) is 10.5. The number of nitrogens with zero attached hydrogens (tertiary/aromatic N) is 3. The van der Waals surface area contributed by atoms with Crippen LogP contribution in [0.25, 0.3) is 0 Å². The van der Waals surface area contributed by atoms with Crippen molar-refractivity contribution in [2.75, 3.05) is 31.6 Å². The Balaban J connectivity index is 2.26. The molecule has 5 nitrogen and oxygen atoms in total. The van der Waals surface area contributed by atoms with Gasteiger partial charge in [0.1, 0.15) is 6.33 Å². The number of piperazine rings is 1. The van der Waals surface area contributed by atoms with Gasteiger partial charge in [0.15, 0.2) is 11.6 Å². The van der Waals surface area contributed by atoms with Crippen molar-refractivity contribution in [2.24, 2.45) is 0 Å². The lowest BCUT2D eigenvalue weighted by Gasteiger charge is -2.35. The first kappa shape index (κ1) is 10.2. The molecule has 1 fully saturated rings. The summed E-state index contributed by atoms with van der Waals surface area (Å²) in [6.45, 7) is 5.09. The van der Waals surface area contributed by atoms with Gasteiger partial charge >= 0.3 is 0 Å². The van der Waals surface area contributed by atoms with Gasteiger partial charge in [-0.1, -0.05) is 0 Å². The molecule has 1 aromatic heterocycles. The van der Waals surface area contributed by atoms with Crippen molar-refractivity contribution in [2.45, 2.75) is 13.0 Å². The number of anilines is 1. The molecule has 2 rings (SSSR count). The molecule has 1 N–H and O–H groups in total. The van der Waals surface area contributed by atoms with Crippen molar-refractivity contribution in [3.8, 4) is 5.75 Å². The third-order valence-electron chi connectivity index (χ3n) is 2.65. The van der Waals surface area contributed by atoms with Crippen LogP contribution in [0.15, 0.2) is 12.5 Å². The third-order valence-corrected chi connectivity index (χ3v) is 2.65. The average molecular weight is 208 g/mol. The zero-order chi connectivity index (χ0) is 10.7. The Morgan fingerprint density at radius 3 is 3.20 bits per heavy atom. The van der Waals surface area contributed by atoms with Crippen molar-refractivity contribution < 1.29 is 4.74 Å². The number of methoxy groups -OCH3 is 1. The molecule has 0 saturated carbocycles. The van der Waals surface area contributed by atoms with Crippen LogP contribution in [-0.2, 0) is 0 Å². The summed E-state index contributed by atoms with van der Waals surface area (Å²) in [6, 6.07) is 0.433. The molecule has 1 saturated heterocycles. The van der Waals surface area contributed by atoms with Crippen LogP contribution in [0.1, 0.15) is 6.92 Å². The number of aromatic nitrogens is 2. The highest BCUT2D eigenvalue weighted by Crippen LogP contribution is 2.25. The van der Waals surface area contributed by atoms with Crippen LogP contribution < -0.4 is 15.0 Å². The smallest absolute Gasteiger partial charge is 0.179 e. The minimum atomic E-state index is 0.433. The van der Waals surface area contributed by atoms with E-state index in [-0.39, 0.29) is 0 Å². The zero-order valence-electron chi connectivity index (χ0n) is 9.10. The largest absolute Gasteiger partial charge is 0.491 e. The van der Waals surface area contributed by atoms with Gasteiger partial charge in [-0.25, -0.2) is 9.97 Å². The first-order chi connectivity index (χ1) is 7.33. The fraction of sp³-hybridized carbons (Fsp3) is 0.600. The SMILES string of the molecule is COc1cncnc1N1CCNC[C@@H]1C. The fourth-order valence-corrected chi connectivity index (χ4v) is 1.83. The van der Waals surface area contributed by atoms with Crippen molar-refractivity contribution in [1.82, 2.24) is 15.3 Å². The van der Waals surface area contributed by atoms with Crippen molar-refractivity contribution in [3.63, 3.8) is 0 Å². The van der Waals surface area contributed by atoms with Gasteiger partial charge in [0.05, 0.1) is 13.3 Å². The molecule has 0 unspecified atom stereocenters. The Morgan fingerprint density at radius 2 is 2.47 bits per heavy atom. The van der Waals surface area contributed by atoms with Gasteiger partial charge < -0.3 is 15.0 Å². The fourth-order valence-electron chi connectivity index (χ4n) is 1.83. The highest BCUT2D eigenvalue weighted by molar-refractivity contribution is 5.51. The molecule has 0 aliphatic carbocycles. The van der Waals surface area contributed by atoms with E-state index < -0.39 is 0 Å². The van der Waals surface area contributed by atoms with Crippen molar-refractivity contribution >= 4 is 5.82 Å². The highest BCUT2D eigenvalue weighted by Gasteiger charge is 2.22. The van der Waals surface area contributed by atoms with E-state index in [2.05, 4.69) is 27.1 Å². The van der Waals surface area contributed by atoms with Crippen LogP contribution in [-0.4, -0.2) is 42.8 Å². The quantitative estimate of drug-likeness (QED) is 0.756. The van der Waals surface area contributed by atoms with E-state index in [1.165, 1.54) is 0 Å². The maximum atomic E-state index is 5.26. The topological polar surface area (TPSA) is 50.3 Å². The molecule has 0 bridgehead atoms. The number of hydrogen-bond donors (Lipinski definition) is 1. The monoisotopic (exact) mass is 208 g/mol.